The molecular formula is C17H17N3O4. The van der Waals surface area contributed by atoms with Crippen molar-refractivity contribution in [3.8, 4) is 11.8 Å². The minimum atomic E-state index is -0.799. The summed E-state index contributed by atoms with van der Waals surface area (Å²) < 4.78 is 5.50. The first-order chi connectivity index (χ1) is 11.5. The highest BCUT2D eigenvalue weighted by Gasteiger charge is 2.12. The van der Waals surface area contributed by atoms with Crippen LogP contribution in [0.25, 0.3) is 0 Å². The first kappa shape index (κ1) is 17.2. The number of benzene rings is 2. The van der Waals surface area contributed by atoms with Gasteiger partial charge in [-0.15, -0.1) is 0 Å². The van der Waals surface area contributed by atoms with Gasteiger partial charge in [0.15, 0.2) is 0 Å². The monoisotopic (exact) mass is 327 g/mol. The predicted molar refractivity (Wildman–Crippen MR) is 89.0 cm³/mol. The third-order valence-electron chi connectivity index (χ3n) is 3.29. The number of anilines is 1. The summed E-state index contributed by atoms with van der Waals surface area (Å²) in [6.45, 7) is 2.19. The number of nitrogens with one attached hydrogen (secondary N) is 1. The normalized spacial score (nSPS) is 11.4. The second kappa shape index (κ2) is 7.94. The van der Waals surface area contributed by atoms with Crippen molar-refractivity contribution in [2.75, 3.05) is 18.5 Å². The third kappa shape index (κ3) is 4.69. The fourth-order valence-electron chi connectivity index (χ4n) is 2.08. The van der Waals surface area contributed by atoms with E-state index in [9.17, 15) is 15.2 Å². The number of nitriles is 1. The van der Waals surface area contributed by atoms with E-state index in [4.69, 9.17) is 10.00 Å². The van der Waals surface area contributed by atoms with E-state index in [1.165, 1.54) is 18.2 Å². The van der Waals surface area contributed by atoms with E-state index >= 15 is 0 Å². The summed E-state index contributed by atoms with van der Waals surface area (Å²) in [5.41, 5.74) is 1.48. The Bertz CT molecular complexity index is 771. The summed E-state index contributed by atoms with van der Waals surface area (Å²) in [5, 5.41) is 32.6. The maximum atomic E-state index is 10.7. The summed E-state index contributed by atoms with van der Waals surface area (Å²) >= 11 is 0. The van der Waals surface area contributed by atoms with Gasteiger partial charge in [-0.2, -0.15) is 5.26 Å². The molecule has 0 bridgehead atoms. The molecule has 0 fully saturated rings. The zero-order valence-corrected chi connectivity index (χ0v) is 13.1. The standard InChI is InChI=1S/C17H17N3O4/c1-12-3-2-4-16(7-12)24-11-15(21)10-19-17-6-5-14(20(22)23)8-13(17)9-18/h2-8,15,19,21H,10-11H2,1H3. The van der Waals surface area contributed by atoms with Gasteiger partial charge >= 0.3 is 0 Å². The van der Waals surface area contributed by atoms with Crippen molar-refractivity contribution in [1.29, 1.82) is 5.26 Å². The molecule has 1 atom stereocenters. The Morgan fingerprint density at radius 2 is 2.17 bits per heavy atom. The van der Waals surface area contributed by atoms with E-state index in [1.54, 1.807) is 6.07 Å². The van der Waals surface area contributed by atoms with Crippen LogP contribution in [0.3, 0.4) is 0 Å². The van der Waals surface area contributed by atoms with Gasteiger partial charge in [0, 0.05) is 18.7 Å². The molecule has 0 saturated carbocycles. The second-order valence-corrected chi connectivity index (χ2v) is 5.26. The number of rotatable bonds is 7. The molecule has 7 nitrogen and oxygen atoms in total. The van der Waals surface area contributed by atoms with Crippen molar-refractivity contribution >= 4 is 11.4 Å². The van der Waals surface area contributed by atoms with E-state index in [-0.39, 0.29) is 24.4 Å². The maximum Gasteiger partial charge on any atom is 0.270 e. The molecule has 2 rings (SSSR count). The van der Waals surface area contributed by atoms with Crippen molar-refractivity contribution in [1.82, 2.24) is 0 Å². The van der Waals surface area contributed by atoms with Gasteiger partial charge in [0.05, 0.1) is 16.2 Å². The van der Waals surface area contributed by atoms with Gasteiger partial charge in [0.2, 0.25) is 0 Å². The van der Waals surface area contributed by atoms with E-state index in [0.717, 1.165) is 5.56 Å². The average molecular weight is 327 g/mol. The number of hydrogen-bond acceptors (Lipinski definition) is 6. The molecule has 0 aromatic heterocycles. The molecular weight excluding hydrogens is 310 g/mol. The van der Waals surface area contributed by atoms with Crippen LogP contribution >= 0.6 is 0 Å². The van der Waals surface area contributed by atoms with Crippen LogP contribution < -0.4 is 10.1 Å². The Morgan fingerprint density at radius 1 is 1.38 bits per heavy atom. The van der Waals surface area contributed by atoms with Gasteiger partial charge in [0.25, 0.3) is 5.69 Å². The van der Waals surface area contributed by atoms with Crippen LogP contribution in [0.15, 0.2) is 42.5 Å². The van der Waals surface area contributed by atoms with Crippen LogP contribution in [0.2, 0.25) is 0 Å². The molecule has 24 heavy (non-hydrogen) atoms. The van der Waals surface area contributed by atoms with Crippen LogP contribution in [0.1, 0.15) is 11.1 Å². The lowest BCUT2D eigenvalue weighted by molar-refractivity contribution is -0.384. The van der Waals surface area contributed by atoms with E-state index in [2.05, 4.69) is 5.32 Å². The number of hydrogen-bond donors (Lipinski definition) is 2. The van der Waals surface area contributed by atoms with Crippen LogP contribution in [0, 0.1) is 28.4 Å². The van der Waals surface area contributed by atoms with Gasteiger partial charge in [-0.25, -0.2) is 0 Å². The molecule has 7 heteroatoms. The minimum absolute atomic E-state index is 0.0886. The molecule has 0 aliphatic rings. The minimum Gasteiger partial charge on any atom is -0.491 e. The molecule has 2 N–H and O–H groups in total. The number of nitro benzene ring substituents is 1. The largest absolute Gasteiger partial charge is 0.491 e. The molecule has 0 saturated heterocycles. The van der Waals surface area contributed by atoms with Crippen molar-refractivity contribution < 1.29 is 14.8 Å². The summed E-state index contributed by atoms with van der Waals surface area (Å²) in [5.74, 6) is 0.669. The Morgan fingerprint density at radius 3 is 2.83 bits per heavy atom. The number of aliphatic hydroxyl groups excluding tert-OH is 1. The second-order valence-electron chi connectivity index (χ2n) is 5.26. The SMILES string of the molecule is Cc1cccc(OCC(O)CNc2ccc([N+](=O)[O-])cc2C#N)c1. The van der Waals surface area contributed by atoms with Gasteiger partial charge in [-0.05, 0) is 30.7 Å². The molecule has 0 amide bonds. The van der Waals surface area contributed by atoms with Crippen LogP contribution in [0.5, 0.6) is 5.75 Å². The van der Waals surface area contributed by atoms with Crippen molar-refractivity contribution in [2.45, 2.75) is 13.0 Å². The molecule has 0 aliphatic heterocycles. The van der Waals surface area contributed by atoms with Gasteiger partial charge < -0.3 is 15.2 Å². The highest BCUT2D eigenvalue weighted by molar-refractivity contribution is 5.61. The Labute approximate surface area is 139 Å². The van der Waals surface area contributed by atoms with Crippen LogP contribution in [-0.4, -0.2) is 29.3 Å². The van der Waals surface area contributed by atoms with Crippen molar-refractivity contribution in [3.63, 3.8) is 0 Å². The summed E-state index contributed by atoms with van der Waals surface area (Å²) in [6.07, 6.45) is -0.799. The average Bonchev–Trinajstić information content (AvgIpc) is 2.58. The molecule has 0 aliphatic carbocycles. The van der Waals surface area contributed by atoms with Gasteiger partial charge in [0.1, 0.15) is 24.5 Å². The molecule has 1 unspecified atom stereocenters. The lowest BCUT2D eigenvalue weighted by atomic mass is 10.1. The van der Waals surface area contributed by atoms with Crippen LogP contribution in [0.4, 0.5) is 11.4 Å². The summed E-state index contributed by atoms with van der Waals surface area (Å²) in [4.78, 5) is 10.1. The lowest BCUT2D eigenvalue weighted by Gasteiger charge is -2.15. The fraction of sp³-hybridized carbons (Fsp3) is 0.235. The first-order valence-electron chi connectivity index (χ1n) is 7.29. The number of nitrogens with zero attached hydrogens (tertiary/aromatic N) is 2. The molecule has 0 heterocycles. The maximum absolute atomic E-state index is 10.7. The van der Waals surface area contributed by atoms with Gasteiger partial charge in [-0.3, -0.25) is 10.1 Å². The Balaban J connectivity index is 1.90. The smallest absolute Gasteiger partial charge is 0.270 e. The highest BCUT2D eigenvalue weighted by Crippen LogP contribution is 2.21. The van der Waals surface area contributed by atoms with E-state index < -0.39 is 11.0 Å². The molecule has 2 aromatic rings. The number of nitro groups is 1. The Hall–Kier alpha value is -3.11. The number of non-ortho nitro benzene ring substituents is 1. The quantitative estimate of drug-likeness (QED) is 0.598. The third-order valence-corrected chi connectivity index (χ3v) is 3.29. The molecule has 0 spiro atoms. The Kier molecular flexibility index (Phi) is 5.71. The van der Waals surface area contributed by atoms with E-state index in [0.29, 0.717) is 11.4 Å². The zero-order valence-electron chi connectivity index (χ0n) is 13.1. The fourth-order valence-corrected chi connectivity index (χ4v) is 2.08. The topological polar surface area (TPSA) is 108 Å². The number of aryl methyl sites for hydroxylation is 1. The van der Waals surface area contributed by atoms with Gasteiger partial charge in [-0.1, -0.05) is 12.1 Å². The van der Waals surface area contributed by atoms with Crippen LogP contribution in [-0.2, 0) is 0 Å². The highest BCUT2D eigenvalue weighted by atomic mass is 16.6. The molecule has 2 aromatic carbocycles. The van der Waals surface area contributed by atoms with E-state index in [1.807, 2.05) is 31.2 Å². The molecule has 124 valence electrons. The zero-order chi connectivity index (χ0) is 17.5. The first-order valence-corrected chi connectivity index (χ1v) is 7.29. The predicted octanol–water partition coefficient (Wildman–Crippen LogP) is 2.63. The van der Waals surface area contributed by atoms with Crippen molar-refractivity contribution in [3.05, 3.63) is 63.7 Å². The lowest BCUT2D eigenvalue weighted by Crippen LogP contribution is -2.26. The molecule has 0 radical (unpaired) electrons. The summed E-state index contributed by atoms with van der Waals surface area (Å²) in [6, 6.07) is 13.3. The van der Waals surface area contributed by atoms with Crippen molar-refractivity contribution in [2.24, 2.45) is 0 Å². The number of ether oxygens (including phenoxy) is 1. The summed E-state index contributed by atoms with van der Waals surface area (Å²) in [7, 11) is 0. The number of aliphatic hydroxyl groups is 1.